The average molecular weight is 152 g/mol. The first-order valence-electron chi connectivity index (χ1n) is 1.92. The molecule has 4 heteroatoms. The number of rotatable bonds is 1. The fourth-order valence-corrected chi connectivity index (χ4v) is 0.479. The van der Waals surface area contributed by atoms with E-state index in [1.165, 1.54) is 0 Å². The van der Waals surface area contributed by atoms with Gasteiger partial charge in [-0.1, -0.05) is 0 Å². The van der Waals surface area contributed by atoms with Gasteiger partial charge in [-0.25, -0.2) is 10.3 Å². The highest BCUT2D eigenvalue weighted by molar-refractivity contribution is 6.28. The summed E-state index contributed by atoms with van der Waals surface area (Å²) < 4.78 is 0. The van der Waals surface area contributed by atoms with Gasteiger partial charge in [-0.15, -0.1) is 24.0 Å². The fraction of sp³-hybridized carbons (Fsp3) is 0.250. The molecule has 45 valence electrons. The van der Waals surface area contributed by atoms with Crippen LogP contribution in [0.25, 0.3) is 0 Å². The van der Waals surface area contributed by atoms with Gasteiger partial charge in [0.25, 0.3) is 0 Å². The van der Waals surface area contributed by atoms with E-state index in [0.717, 1.165) is 0 Å². The van der Waals surface area contributed by atoms with Gasteiger partial charge >= 0.3 is 0 Å². The van der Waals surface area contributed by atoms with E-state index in [9.17, 15) is 0 Å². The highest BCUT2D eigenvalue weighted by Gasteiger charge is 1.96. The summed E-state index contributed by atoms with van der Waals surface area (Å²) in [5, 5.41) is 3.79. The molecule has 0 aromatic carbocycles. The molecule has 2 nitrogen and oxygen atoms in total. The van der Waals surface area contributed by atoms with Crippen LogP contribution in [0.5, 0.6) is 0 Å². The minimum absolute atomic E-state index is 0. The molecule has 0 aliphatic carbocycles. The Morgan fingerprint density at radius 1 is 1.50 bits per heavy atom. The zero-order valence-electron chi connectivity index (χ0n) is 4.04. The molecule has 0 aromatic rings. The van der Waals surface area contributed by atoms with E-state index in [1.54, 1.807) is 12.4 Å². The third-order valence-corrected chi connectivity index (χ3v) is 0.872. The average Bonchev–Trinajstić information content (AvgIpc) is 2.14. The normalized spacial score (nSPS) is 14.4. The standard InChI is InChI=1S/C4H4ClN2.ClH/c5-3-4-6-1-2-7-4;/h1-2H,3H2;1H. The van der Waals surface area contributed by atoms with Crippen LogP contribution in [0, 0.1) is 0 Å². The zero-order chi connectivity index (χ0) is 5.11. The van der Waals surface area contributed by atoms with E-state index in [2.05, 4.69) is 10.3 Å². The van der Waals surface area contributed by atoms with Crippen molar-refractivity contribution in [2.24, 2.45) is 4.99 Å². The van der Waals surface area contributed by atoms with Crippen LogP contribution < -0.4 is 5.32 Å². The number of hydrogen-bond acceptors (Lipinski definition) is 1. The van der Waals surface area contributed by atoms with Gasteiger partial charge in [-0.2, -0.15) is 0 Å². The zero-order valence-corrected chi connectivity index (χ0v) is 5.61. The summed E-state index contributed by atoms with van der Waals surface area (Å²) in [5.41, 5.74) is 0. The summed E-state index contributed by atoms with van der Waals surface area (Å²) in [6.07, 6.45) is 3.25. The minimum atomic E-state index is 0. The summed E-state index contributed by atoms with van der Waals surface area (Å²) in [7, 11) is 0. The van der Waals surface area contributed by atoms with Crippen molar-refractivity contribution in [3.05, 3.63) is 12.4 Å². The van der Waals surface area contributed by atoms with Crippen molar-refractivity contribution in [1.29, 1.82) is 0 Å². The smallest absolute Gasteiger partial charge is 0.143 e. The van der Waals surface area contributed by atoms with Crippen LogP contribution in [0.1, 0.15) is 0 Å². The number of hydrogen-bond donors (Lipinski definition) is 0. The molecule has 0 fully saturated rings. The maximum atomic E-state index is 5.34. The molecule has 1 heterocycles. The first-order chi connectivity index (χ1) is 3.43. The van der Waals surface area contributed by atoms with Crippen LogP contribution in [0.4, 0.5) is 0 Å². The Morgan fingerprint density at radius 3 is 2.50 bits per heavy atom. The van der Waals surface area contributed by atoms with Crippen molar-refractivity contribution in [2.45, 2.75) is 0 Å². The second-order valence-electron chi connectivity index (χ2n) is 1.11. The summed E-state index contributed by atoms with van der Waals surface area (Å²) in [6.45, 7) is 0. The van der Waals surface area contributed by atoms with Gasteiger partial charge < -0.3 is 0 Å². The Labute approximate surface area is 59.0 Å². The maximum absolute atomic E-state index is 5.34. The molecule has 1 rings (SSSR count). The third-order valence-electron chi connectivity index (χ3n) is 0.633. The summed E-state index contributed by atoms with van der Waals surface area (Å²) in [6, 6.07) is 0. The van der Waals surface area contributed by atoms with E-state index in [4.69, 9.17) is 11.6 Å². The van der Waals surface area contributed by atoms with Gasteiger partial charge in [0.2, 0.25) is 0 Å². The molecule has 1 radical (unpaired) electrons. The lowest BCUT2D eigenvalue weighted by Crippen LogP contribution is -2.06. The van der Waals surface area contributed by atoms with Crippen LogP contribution in [0.15, 0.2) is 17.4 Å². The molecule has 0 unspecified atom stereocenters. The van der Waals surface area contributed by atoms with Crippen LogP contribution in [-0.2, 0) is 0 Å². The molecule has 0 aromatic heterocycles. The van der Waals surface area contributed by atoms with Crippen LogP contribution in [0.2, 0.25) is 0 Å². The molecule has 0 bridgehead atoms. The summed E-state index contributed by atoms with van der Waals surface area (Å²) in [4.78, 5) is 3.79. The van der Waals surface area contributed by atoms with Crippen LogP contribution >= 0.6 is 24.0 Å². The highest BCUT2D eigenvalue weighted by atomic mass is 35.5. The van der Waals surface area contributed by atoms with Crippen molar-refractivity contribution < 1.29 is 0 Å². The number of nitrogens with zero attached hydrogens (tertiary/aromatic N) is 2. The second-order valence-corrected chi connectivity index (χ2v) is 1.37. The van der Waals surface area contributed by atoms with Gasteiger partial charge in [-0.05, 0) is 0 Å². The molecule has 8 heavy (non-hydrogen) atoms. The largest absolute Gasteiger partial charge is 0.239 e. The van der Waals surface area contributed by atoms with Crippen molar-refractivity contribution in [1.82, 2.24) is 5.32 Å². The molecule has 0 saturated heterocycles. The molecule has 0 spiro atoms. The predicted octanol–water partition coefficient (Wildman–Crippen LogP) is 1.13. The Bertz CT molecular complexity index is 119. The first-order valence-corrected chi connectivity index (χ1v) is 2.45. The van der Waals surface area contributed by atoms with E-state index >= 15 is 0 Å². The van der Waals surface area contributed by atoms with E-state index < -0.39 is 0 Å². The van der Waals surface area contributed by atoms with E-state index in [0.29, 0.717) is 11.7 Å². The van der Waals surface area contributed by atoms with Crippen molar-refractivity contribution in [3.63, 3.8) is 0 Å². The highest BCUT2D eigenvalue weighted by Crippen LogP contribution is 1.90. The molecule has 1 aliphatic heterocycles. The molecule has 0 amide bonds. The lowest BCUT2D eigenvalue weighted by Gasteiger charge is -1.85. The lowest BCUT2D eigenvalue weighted by atomic mass is 10.7. The number of alkyl halides is 1. The van der Waals surface area contributed by atoms with Gasteiger partial charge in [0.1, 0.15) is 5.84 Å². The quantitative estimate of drug-likeness (QED) is 0.503. The van der Waals surface area contributed by atoms with Crippen LogP contribution in [0.3, 0.4) is 0 Å². The van der Waals surface area contributed by atoms with Crippen molar-refractivity contribution in [3.8, 4) is 0 Å². The second kappa shape index (κ2) is 3.75. The molecular formula is C4H5Cl2N2. The van der Waals surface area contributed by atoms with Gasteiger partial charge in [0, 0.05) is 12.4 Å². The van der Waals surface area contributed by atoms with Gasteiger partial charge in [0.05, 0.1) is 5.88 Å². The molecular weight excluding hydrogens is 147 g/mol. The first kappa shape index (κ1) is 7.79. The number of aliphatic imine (C=N–C) groups is 1. The third kappa shape index (κ3) is 1.72. The topological polar surface area (TPSA) is 26.5 Å². The minimum Gasteiger partial charge on any atom is -0.239 e. The number of halogens is 2. The van der Waals surface area contributed by atoms with E-state index in [-0.39, 0.29) is 12.4 Å². The monoisotopic (exact) mass is 151 g/mol. The van der Waals surface area contributed by atoms with Gasteiger partial charge in [0.15, 0.2) is 0 Å². The Morgan fingerprint density at radius 2 is 2.25 bits per heavy atom. The number of amidine groups is 1. The summed E-state index contributed by atoms with van der Waals surface area (Å²) >= 11 is 5.34. The van der Waals surface area contributed by atoms with Gasteiger partial charge in [-0.3, -0.25) is 0 Å². The van der Waals surface area contributed by atoms with E-state index in [1.807, 2.05) is 0 Å². The Kier molecular flexibility index (Phi) is 3.65. The predicted molar refractivity (Wildman–Crippen MR) is 36.7 cm³/mol. The molecule has 0 saturated carbocycles. The SMILES string of the molecule is Cl.ClCC1=NC=C[N]1. The molecule has 1 aliphatic rings. The van der Waals surface area contributed by atoms with Crippen molar-refractivity contribution in [2.75, 3.05) is 5.88 Å². The fourth-order valence-electron chi connectivity index (χ4n) is 0.341. The Balaban J connectivity index is 0.000000490. The lowest BCUT2D eigenvalue weighted by molar-refractivity contribution is 1.28. The van der Waals surface area contributed by atoms with Crippen molar-refractivity contribution >= 4 is 29.8 Å². The van der Waals surface area contributed by atoms with Crippen LogP contribution in [-0.4, -0.2) is 11.7 Å². The molecule has 0 N–H and O–H groups in total. The Hall–Kier alpha value is -0.210. The maximum Gasteiger partial charge on any atom is 0.143 e. The summed E-state index contributed by atoms with van der Waals surface area (Å²) in [5.74, 6) is 1.11. The molecule has 0 atom stereocenters.